The first-order valence-corrected chi connectivity index (χ1v) is 8.38. The van der Waals surface area contributed by atoms with Crippen LogP contribution in [0.5, 0.6) is 5.88 Å². The van der Waals surface area contributed by atoms with Crippen LogP contribution >= 0.6 is 0 Å². The molecule has 0 bridgehead atoms. The van der Waals surface area contributed by atoms with Crippen molar-refractivity contribution in [2.24, 2.45) is 0 Å². The van der Waals surface area contributed by atoms with Crippen LogP contribution in [0.3, 0.4) is 0 Å². The number of nitrogens with zero attached hydrogens (tertiary/aromatic N) is 4. The summed E-state index contributed by atoms with van der Waals surface area (Å²) in [4.78, 5) is 34.6. The molecule has 0 aliphatic carbocycles. The number of rotatable bonds is 3. The third-order valence-corrected chi connectivity index (χ3v) is 4.37. The number of benzene rings is 1. The van der Waals surface area contributed by atoms with Crippen LogP contribution in [-0.2, 0) is 6.54 Å². The van der Waals surface area contributed by atoms with Gasteiger partial charge in [-0.05, 0) is 24.6 Å². The molecule has 0 atom stereocenters. The molecule has 0 spiro atoms. The molecular weight excluding hydrogens is 336 g/mol. The summed E-state index contributed by atoms with van der Waals surface area (Å²) in [6.07, 6.45) is 2.17. The lowest BCUT2D eigenvalue weighted by atomic mass is 10.2. The maximum atomic E-state index is 13.0. The normalized spacial score (nSPS) is 14.2. The Morgan fingerprint density at radius 3 is 2.96 bits per heavy atom. The Hall–Kier alpha value is -3.36. The van der Waals surface area contributed by atoms with Crippen molar-refractivity contribution >= 4 is 28.3 Å². The van der Waals surface area contributed by atoms with E-state index in [-0.39, 0.29) is 35.3 Å². The van der Waals surface area contributed by atoms with Crippen LogP contribution in [0.25, 0.3) is 10.9 Å². The lowest BCUT2D eigenvalue weighted by Gasteiger charge is -2.20. The second-order valence-electron chi connectivity index (χ2n) is 6.04. The maximum Gasteiger partial charge on any atom is 0.272 e. The lowest BCUT2D eigenvalue weighted by Crippen LogP contribution is -2.32. The molecule has 1 aliphatic rings. The number of amides is 1. The predicted octanol–water partition coefficient (Wildman–Crippen LogP) is 1.15. The summed E-state index contributed by atoms with van der Waals surface area (Å²) < 4.78 is 7.35. The van der Waals surface area contributed by atoms with Gasteiger partial charge in [0.2, 0.25) is 5.88 Å². The average molecular weight is 354 g/mol. The van der Waals surface area contributed by atoms with Crippen LogP contribution in [0.2, 0.25) is 0 Å². The summed E-state index contributed by atoms with van der Waals surface area (Å²) in [7, 11) is 0. The molecule has 9 heteroatoms. The van der Waals surface area contributed by atoms with Gasteiger partial charge in [0.1, 0.15) is 24.3 Å². The molecule has 3 heterocycles. The highest BCUT2D eigenvalue weighted by atomic mass is 16.5. The van der Waals surface area contributed by atoms with Gasteiger partial charge in [0, 0.05) is 12.2 Å². The molecule has 3 N–H and O–H groups in total. The summed E-state index contributed by atoms with van der Waals surface area (Å²) in [5.41, 5.74) is 7.22. The number of carbonyl (C=O) groups is 1. The number of carbonyl (C=O) groups excluding carboxylic acids is 1. The number of anilines is 2. The van der Waals surface area contributed by atoms with E-state index in [1.54, 1.807) is 6.07 Å². The van der Waals surface area contributed by atoms with Crippen molar-refractivity contribution in [1.82, 2.24) is 19.7 Å². The molecule has 1 amide bonds. The molecular formula is C17H18N6O3. The van der Waals surface area contributed by atoms with Gasteiger partial charge in [-0.15, -0.1) is 0 Å². The lowest BCUT2D eigenvalue weighted by molar-refractivity contribution is 0.0990. The zero-order valence-electron chi connectivity index (χ0n) is 14.2. The molecule has 0 fully saturated rings. The smallest absolute Gasteiger partial charge is 0.272 e. The molecule has 26 heavy (non-hydrogen) atoms. The Kier molecular flexibility index (Phi) is 3.83. The molecule has 0 unspecified atom stereocenters. The Labute approximate surface area is 148 Å². The molecule has 1 aliphatic heterocycles. The molecule has 9 nitrogen and oxygen atoms in total. The van der Waals surface area contributed by atoms with Crippen LogP contribution in [-0.4, -0.2) is 38.8 Å². The van der Waals surface area contributed by atoms with Gasteiger partial charge >= 0.3 is 0 Å². The van der Waals surface area contributed by atoms with Crippen LogP contribution in [0.15, 0.2) is 29.3 Å². The van der Waals surface area contributed by atoms with Crippen LogP contribution in [0.1, 0.15) is 23.7 Å². The number of aryl methyl sites for hydroxylation is 1. The summed E-state index contributed by atoms with van der Waals surface area (Å²) in [5.74, 6) is -0.0997. The number of fused-ring (bicyclic) bond motifs is 2. The zero-order chi connectivity index (χ0) is 18.3. The number of aromatic amines is 1. The Bertz CT molecular complexity index is 1050. The predicted molar refractivity (Wildman–Crippen MR) is 96.5 cm³/mol. The monoisotopic (exact) mass is 354 g/mol. The molecule has 0 radical (unpaired) electrons. The number of nitrogens with one attached hydrogen (secondary N) is 1. The topological polar surface area (TPSA) is 119 Å². The van der Waals surface area contributed by atoms with Gasteiger partial charge in [-0.3, -0.25) is 19.4 Å². The highest BCUT2D eigenvalue weighted by Gasteiger charge is 2.29. The number of nitrogen functional groups attached to an aromatic ring is 1. The summed E-state index contributed by atoms with van der Waals surface area (Å²) in [6.45, 7) is 3.34. The van der Waals surface area contributed by atoms with E-state index in [1.165, 1.54) is 11.2 Å². The van der Waals surface area contributed by atoms with Gasteiger partial charge < -0.3 is 15.4 Å². The van der Waals surface area contributed by atoms with E-state index in [0.29, 0.717) is 17.6 Å². The third-order valence-electron chi connectivity index (χ3n) is 4.37. The van der Waals surface area contributed by atoms with Crippen molar-refractivity contribution in [2.75, 3.05) is 23.8 Å². The molecule has 3 aromatic rings. The molecule has 4 rings (SSSR count). The number of hydrogen-bond donors (Lipinski definition) is 2. The van der Waals surface area contributed by atoms with Gasteiger partial charge in [-0.25, -0.2) is 9.97 Å². The van der Waals surface area contributed by atoms with Gasteiger partial charge in [0.25, 0.3) is 11.5 Å². The van der Waals surface area contributed by atoms with E-state index >= 15 is 0 Å². The molecule has 1 aromatic carbocycles. The fourth-order valence-corrected chi connectivity index (χ4v) is 3.16. The van der Waals surface area contributed by atoms with Gasteiger partial charge in [-0.2, -0.15) is 0 Å². The van der Waals surface area contributed by atoms with Crippen LogP contribution in [0, 0.1) is 0 Å². The SMILES string of the molecule is CCCn1[nH]c(=O)c2cc(N3CCOc4ncnc(N)c4C3=O)ccc21. The quantitative estimate of drug-likeness (QED) is 0.728. The molecule has 2 aromatic heterocycles. The van der Waals surface area contributed by atoms with Crippen molar-refractivity contribution in [3.05, 3.63) is 40.4 Å². The number of H-pyrrole nitrogens is 1. The Morgan fingerprint density at radius 2 is 2.15 bits per heavy atom. The van der Waals surface area contributed by atoms with Crippen LogP contribution < -0.4 is 20.9 Å². The van der Waals surface area contributed by atoms with Crippen LogP contribution in [0.4, 0.5) is 11.5 Å². The van der Waals surface area contributed by atoms with Crippen molar-refractivity contribution in [3.63, 3.8) is 0 Å². The summed E-state index contributed by atoms with van der Waals surface area (Å²) >= 11 is 0. The second kappa shape index (κ2) is 6.17. The first-order chi connectivity index (χ1) is 12.6. The van der Waals surface area contributed by atoms with E-state index in [0.717, 1.165) is 18.5 Å². The largest absolute Gasteiger partial charge is 0.475 e. The van der Waals surface area contributed by atoms with Crippen molar-refractivity contribution < 1.29 is 9.53 Å². The fraction of sp³-hybridized carbons (Fsp3) is 0.294. The number of aromatic nitrogens is 4. The van der Waals surface area contributed by atoms with Crippen molar-refractivity contribution in [1.29, 1.82) is 0 Å². The van der Waals surface area contributed by atoms with Crippen molar-refractivity contribution in [2.45, 2.75) is 19.9 Å². The minimum atomic E-state index is -0.348. The van der Waals surface area contributed by atoms with Gasteiger partial charge in [0.15, 0.2) is 0 Å². The van der Waals surface area contributed by atoms with E-state index in [2.05, 4.69) is 15.1 Å². The standard InChI is InChI=1S/C17H18N6O3/c1-2-5-23-12-4-3-10(8-11(12)15(24)21-23)22-6-7-26-16-13(17(22)25)14(18)19-9-20-16/h3-4,8-9H,2,5-7H2,1H3,(H,21,24)(H2,18,19,20). The first-order valence-electron chi connectivity index (χ1n) is 8.38. The van der Waals surface area contributed by atoms with Gasteiger partial charge in [0.05, 0.1) is 17.4 Å². The maximum absolute atomic E-state index is 13.0. The minimum Gasteiger partial charge on any atom is -0.475 e. The molecule has 0 saturated heterocycles. The first kappa shape index (κ1) is 16.1. The highest BCUT2D eigenvalue weighted by molar-refractivity contribution is 6.11. The van der Waals surface area contributed by atoms with E-state index < -0.39 is 0 Å². The zero-order valence-corrected chi connectivity index (χ0v) is 14.2. The number of ether oxygens (including phenoxy) is 1. The average Bonchev–Trinajstić information content (AvgIpc) is 2.82. The third kappa shape index (κ3) is 2.48. The van der Waals surface area contributed by atoms with Crippen molar-refractivity contribution in [3.8, 4) is 5.88 Å². The molecule has 134 valence electrons. The number of hydrogen-bond acceptors (Lipinski definition) is 6. The number of nitrogens with two attached hydrogens (primary N) is 1. The fourth-order valence-electron chi connectivity index (χ4n) is 3.16. The van der Waals surface area contributed by atoms with E-state index in [9.17, 15) is 9.59 Å². The molecule has 0 saturated carbocycles. The van der Waals surface area contributed by atoms with E-state index in [4.69, 9.17) is 10.5 Å². The summed E-state index contributed by atoms with van der Waals surface area (Å²) in [5, 5.41) is 3.36. The Morgan fingerprint density at radius 1 is 1.31 bits per heavy atom. The summed E-state index contributed by atoms with van der Waals surface area (Å²) in [6, 6.07) is 5.36. The minimum absolute atomic E-state index is 0.0694. The van der Waals surface area contributed by atoms with Gasteiger partial charge in [-0.1, -0.05) is 6.92 Å². The van der Waals surface area contributed by atoms with E-state index in [1.807, 2.05) is 23.7 Å². The Balaban J connectivity index is 1.80. The second-order valence-corrected chi connectivity index (χ2v) is 6.04. The highest BCUT2D eigenvalue weighted by Crippen LogP contribution is 2.28.